The highest BCUT2D eigenvalue weighted by molar-refractivity contribution is 7.89. The highest BCUT2D eigenvalue weighted by Gasteiger charge is 2.31. The third-order valence-corrected chi connectivity index (χ3v) is 8.14. The summed E-state index contributed by atoms with van der Waals surface area (Å²) in [5, 5.41) is 0. The number of fused-ring (bicyclic) bond motifs is 1. The zero-order valence-electron chi connectivity index (χ0n) is 19.6. The van der Waals surface area contributed by atoms with Gasteiger partial charge in [0.05, 0.1) is 12.0 Å². The molecule has 178 valence electrons. The fraction of sp³-hybridized carbons (Fsp3) is 0.480. The van der Waals surface area contributed by atoms with Crippen molar-refractivity contribution in [3.05, 3.63) is 53.6 Å². The van der Waals surface area contributed by atoms with Crippen molar-refractivity contribution in [3.8, 4) is 5.75 Å². The van der Waals surface area contributed by atoms with E-state index in [0.29, 0.717) is 13.0 Å². The normalized spacial score (nSPS) is 19.8. The first-order chi connectivity index (χ1) is 15.8. The van der Waals surface area contributed by atoms with Crippen LogP contribution in [0, 0.1) is 0 Å². The quantitative estimate of drug-likeness (QED) is 0.669. The Bertz CT molecular complexity index is 1100. The lowest BCUT2D eigenvalue weighted by atomic mass is 10.0. The molecule has 2 atom stereocenters. The molecule has 2 aromatic rings. The minimum Gasteiger partial charge on any atom is -0.497 e. The maximum atomic E-state index is 13.2. The van der Waals surface area contributed by atoms with E-state index in [-0.39, 0.29) is 22.9 Å². The number of methoxy groups -OCH3 is 1. The van der Waals surface area contributed by atoms with Crippen molar-refractivity contribution in [1.29, 1.82) is 0 Å². The molecule has 7 nitrogen and oxygen atoms in total. The number of piperidine rings is 1. The number of hydrogen-bond donors (Lipinski definition) is 1. The molecule has 2 aliphatic rings. The van der Waals surface area contributed by atoms with E-state index < -0.39 is 10.0 Å². The summed E-state index contributed by atoms with van der Waals surface area (Å²) in [6.07, 6.45) is 4.10. The van der Waals surface area contributed by atoms with Gasteiger partial charge in [-0.2, -0.15) is 0 Å². The molecule has 2 heterocycles. The second-order valence-corrected chi connectivity index (χ2v) is 10.7. The van der Waals surface area contributed by atoms with Gasteiger partial charge < -0.3 is 9.64 Å². The Morgan fingerprint density at radius 2 is 1.82 bits per heavy atom. The second kappa shape index (κ2) is 9.83. The van der Waals surface area contributed by atoms with Crippen LogP contribution >= 0.6 is 0 Å². The molecule has 0 aliphatic carbocycles. The lowest BCUT2D eigenvalue weighted by Gasteiger charge is -2.35. The van der Waals surface area contributed by atoms with E-state index in [1.54, 1.807) is 30.2 Å². The highest BCUT2D eigenvalue weighted by atomic mass is 32.2. The predicted octanol–water partition coefficient (Wildman–Crippen LogP) is 3.50. The van der Waals surface area contributed by atoms with E-state index in [0.717, 1.165) is 48.5 Å². The van der Waals surface area contributed by atoms with Crippen molar-refractivity contribution in [2.75, 3.05) is 31.6 Å². The van der Waals surface area contributed by atoms with Crippen LogP contribution in [0.3, 0.4) is 0 Å². The van der Waals surface area contributed by atoms with Gasteiger partial charge in [-0.05, 0) is 80.7 Å². The van der Waals surface area contributed by atoms with Gasteiger partial charge in [-0.15, -0.1) is 0 Å². The molecule has 1 N–H and O–H groups in total. The second-order valence-electron chi connectivity index (χ2n) is 8.97. The topological polar surface area (TPSA) is 79.0 Å². The van der Waals surface area contributed by atoms with Crippen molar-refractivity contribution in [2.24, 2.45) is 0 Å². The minimum absolute atomic E-state index is 0.0288. The Kier molecular flexibility index (Phi) is 7.07. The zero-order chi connectivity index (χ0) is 23.6. The van der Waals surface area contributed by atoms with E-state index in [1.807, 2.05) is 31.2 Å². The van der Waals surface area contributed by atoms with Gasteiger partial charge in [0.2, 0.25) is 15.9 Å². The molecule has 0 saturated carbocycles. The summed E-state index contributed by atoms with van der Waals surface area (Å²) in [6.45, 7) is 5.72. The highest BCUT2D eigenvalue weighted by Crippen LogP contribution is 2.34. The fourth-order valence-electron chi connectivity index (χ4n) is 5.04. The summed E-state index contributed by atoms with van der Waals surface area (Å²) < 4.78 is 34.6. The molecule has 1 amide bonds. The summed E-state index contributed by atoms with van der Waals surface area (Å²) in [4.78, 5) is 16.3. The molecule has 1 saturated heterocycles. The molecular formula is C25H33N3O4S. The first-order valence-electron chi connectivity index (χ1n) is 11.6. The van der Waals surface area contributed by atoms with Crippen molar-refractivity contribution in [3.63, 3.8) is 0 Å². The number of benzene rings is 2. The lowest BCUT2D eigenvalue weighted by molar-refractivity contribution is -0.116. The average molecular weight is 472 g/mol. The van der Waals surface area contributed by atoms with Gasteiger partial charge in [0.25, 0.3) is 0 Å². The number of hydrogen-bond acceptors (Lipinski definition) is 5. The fourth-order valence-corrected chi connectivity index (χ4v) is 6.13. The summed E-state index contributed by atoms with van der Waals surface area (Å²) in [7, 11) is -2.06. The summed E-state index contributed by atoms with van der Waals surface area (Å²) in [5.41, 5.74) is 2.77. The SMILES string of the molecule is COc1ccc([C@H](CNS(=O)(=O)c2ccc3c(c2)C[C@H](C)N3C(C)=O)N2CCCCC2)cc1. The Hall–Kier alpha value is -2.42. The average Bonchev–Trinajstić information content (AvgIpc) is 3.15. The molecule has 0 bridgehead atoms. The molecule has 0 radical (unpaired) electrons. The first-order valence-corrected chi connectivity index (χ1v) is 13.1. The smallest absolute Gasteiger partial charge is 0.240 e. The standard InChI is InChI=1S/C25H33N3O4S/c1-18-15-21-16-23(11-12-24(21)28(18)19(2)29)33(30,31)26-17-25(27-13-5-4-6-14-27)20-7-9-22(32-3)10-8-20/h7-12,16,18,25-26H,4-6,13-15,17H2,1-3H3/t18-,25-/m0/s1. The van der Waals surface area contributed by atoms with Crippen LogP contribution in [-0.2, 0) is 21.2 Å². The third kappa shape index (κ3) is 5.08. The molecule has 2 aromatic carbocycles. The van der Waals surface area contributed by atoms with Gasteiger partial charge in [0.1, 0.15) is 5.75 Å². The number of carbonyl (C=O) groups excluding carboxylic acids is 1. The van der Waals surface area contributed by atoms with Crippen LogP contribution in [-0.4, -0.2) is 52.0 Å². The predicted molar refractivity (Wildman–Crippen MR) is 129 cm³/mol. The van der Waals surface area contributed by atoms with Crippen molar-refractivity contribution in [2.45, 2.75) is 56.5 Å². The number of anilines is 1. The van der Waals surface area contributed by atoms with E-state index >= 15 is 0 Å². The van der Waals surface area contributed by atoms with Gasteiger partial charge in [-0.25, -0.2) is 13.1 Å². The number of amides is 1. The summed E-state index contributed by atoms with van der Waals surface area (Å²) in [6, 6.07) is 12.9. The number of rotatable bonds is 7. The molecule has 0 spiro atoms. The lowest BCUT2D eigenvalue weighted by Crippen LogP contribution is -2.40. The van der Waals surface area contributed by atoms with E-state index in [9.17, 15) is 13.2 Å². The molecule has 2 aliphatic heterocycles. The summed E-state index contributed by atoms with van der Waals surface area (Å²) >= 11 is 0. The number of likely N-dealkylation sites (tertiary alicyclic amines) is 1. The van der Waals surface area contributed by atoms with Crippen LogP contribution in [0.5, 0.6) is 5.75 Å². The Labute approximate surface area is 196 Å². The van der Waals surface area contributed by atoms with Crippen LogP contribution in [0.25, 0.3) is 0 Å². The van der Waals surface area contributed by atoms with Gasteiger partial charge in [-0.1, -0.05) is 18.6 Å². The number of sulfonamides is 1. The maximum absolute atomic E-state index is 13.2. The number of ether oxygens (including phenoxy) is 1. The van der Waals surface area contributed by atoms with Crippen molar-refractivity contribution < 1.29 is 17.9 Å². The molecule has 0 aromatic heterocycles. The van der Waals surface area contributed by atoms with E-state index in [2.05, 4.69) is 9.62 Å². The number of nitrogens with zero attached hydrogens (tertiary/aromatic N) is 2. The molecule has 0 unspecified atom stereocenters. The molecular weight excluding hydrogens is 438 g/mol. The zero-order valence-corrected chi connectivity index (χ0v) is 20.4. The monoisotopic (exact) mass is 471 g/mol. The molecule has 4 rings (SSSR count). The van der Waals surface area contributed by atoms with Crippen LogP contribution < -0.4 is 14.4 Å². The Morgan fingerprint density at radius 3 is 2.45 bits per heavy atom. The number of carbonyl (C=O) groups is 1. The van der Waals surface area contributed by atoms with Crippen LogP contribution in [0.1, 0.15) is 50.3 Å². The number of nitrogens with one attached hydrogen (secondary N) is 1. The Morgan fingerprint density at radius 1 is 1.12 bits per heavy atom. The van der Waals surface area contributed by atoms with Gasteiger partial charge in [0, 0.05) is 31.2 Å². The third-order valence-electron chi connectivity index (χ3n) is 6.71. The maximum Gasteiger partial charge on any atom is 0.240 e. The van der Waals surface area contributed by atoms with E-state index in [1.165, 1.54) is 13.3 Å². The van der Waals surface area contributed by atoms with E-state index in [4.69, 9.17) is 4.74 Å². The minimum atomic E-state index is -3.70. The van der Waals surface area contributed by atoms with Gasteiger partial charge in [0.15, 0.2) is 0 Å². The van der Waals surface area contributed by atoms with Crippen molar-refractivity contribution >= 4 is 21.6 Å². The van der Waals surface area contributed by atoms with Gasteiger partial charge >= 0.3 is 0 Å². The van der Waals surface area contributed by atoms with Crippen LogP contribution in [0.15, 0.2) is 47.4 Å². The molecule has 33 heavy (non-hydrogen) atoms. The van der Waals surface area contributed by atoms with Crippen LogP contribution in [0.2, 0.25) is 0 Å². The molecule has 1 fully saturated rings. The summed E-state index contributed by atoms with van der Waals surface area (Å²) in [5.74, 6) is 0.752. The Balaban J connectivity index is 1.54. The largest absolute Gasteiger partial charge is 0.497 e. The van der Waals surface area contributed by atoms with Gasteiger partial charge in [-0.3, -0.25) is 9.69 Å². The first kappa shape index (κ1) is 23.7. The molecule has 8 heteroatoms. The van der Waals surface area contributed by atoms with Crippen LogP contribution in [0.4, 0.5) is 5.69 Å². The van der Waals surface area contributed by atoms with Crippen molar-refractivity contribution in [1.82, 2.24) is 9.62 Å².